The van der Waals surface area contributed by atoms with Gasteiger partial charge in [0, 0.05) is 21.8 Å². The molecule has 1 aromatic carbocycles. The second-order valence-electron chi connectivity index (χ2n) is 4.95. The number of amides is 1. The molecule has 0 aliphatic heterocycles. The molecule has 6 heteroatoms. The molecule has 1 unspecified atom stereocenters. The summed E-state index contributed by atoms with van der Waals surface area (Å²) >= 11 is 4.92. The zero-order valence-electron chi connectivity index (χ0n) is 12.2. The van der Waals surface area contributed by atoms with Crippen molar-refractivity contribution in [2.24, 2.45) is 0 Å². The van der Waals surface area contributed by atoms with Gasteiger partial charge < -0.3 is 10.4 Å². The van der Waals surface area contributed by atoms with Crippen LogP contribution in [0.2, 0.25) is 0 Å². The number of hydrogen-bond acceptors (Lipinski definition) is 3. The lowest BCUT2D eigenvalue weighted by Gasteiger charge is -2.13. The maximum atomic E-state index is 11.8. The molecule has 0 saturated carbocycles. The minimum atomic E-state index is -0.796. The summed E-state index contributed by atoms with van der Waals surface area (Å²) in [5, 5.41) is 11.5. The Balaban J connectivity index is 2.31. The Morgan fingerprint density at radius 2 is 2.14 bits per heavy atom. The summed E-state index contributed by atoms with van der Waals surface area (Å²) in [6.07, 6.45) is 1.41. The predicted molar refractivity (Wildman–Crippen MR) is 88.7 cm³/mol. The molecule has 1 rings (SSSR count). The third kappa shape index (κ3) is 7.52. The molecule has 0 heterocycles. The number of rotatable bonds is 8. The number of aryl methyl sites for hydroxylation is 1. The first kappa shape index (κ1) is 18.0. The van der Waals surface area contributed by atoms with Crippen LogP contribution in [0.3, 0.4) is 0 Å². The third-order valence-electron chi connectivity index (χ3n) is 2.93. The molecule has 0 spiro atoms. The highest BCUT2D eigenvalue weighted by molar-refractivity contribution is 9.10. The van der Waals surface area contributed by atoms with Gasteiger partial charge in [0.2, 0.25) is 5.91 Å². The quantitative estimate of drug-likeness (QED) is 0.683. The summed E-state index contributed by atoms with van der Waals surface area (Å²) < 4.78 is 1.03. The molecule has 21 heavy (non-hydrogen) atoms. The number of thioether (sulfide) groups is 1. The lowest BCUT2D eigenvalue weighted by atomic mass is 10.1. The topological polar surface area (TPSA) is 66.4 Å². The van der Waals surface area contributed by atoms with E-state index in [9.17, 15) is 9.59 Å². The maximum absolute atomic E-state index is 11.8. The van der Waals surface area contributed by atoms with Crippen LogP contribution in [-0.2, 0) is 9.59 Å². The van der Waals surface area contributed by atoms with Gasteiger partial charge in [-0.25, -0.2) is 0 Å². The van der Waals surface area contributed by atoms with E-state index in [0.29, 0.717) is 18.6 Å². The van der Waals surface area contributed by atoms with Crippen molar-refractivity contribution < 1.29 is 14.7 Å². The molecule has 0 bridgehead atoms. The van der Waals surface area contributed by atoms with Crippen molar-refractivity contribution in [1.82, 2.24) is 5.32 Å². The Morgan fingerprint density at radius 1 is 1.43 bits per heavy atom. The predicted octanol–water partition coefficient (Wildman–Crippen LogP) is 3.61. The minimum absolute atomic E-state index is 0.00321. The highest BCUT2D eigenvalue weighted by atomic mass is 79.9. The molecule has 1 amide bonds. The summed E-state index contributed by atoms with van der Waals surface area (Å²) in [6, 6.07) is 5.98. The van der Waals surface area contributed by atoms with Gasteiger partial charge >= 0.3 is 5.97 Å². The van der Waals surface area contributed by atoms with Crippen LogP contribution in [0.5, 0.6) is 0 Å². The molecule has 0 fully saturated rings. The molecule has 1 atom stereocenters. The minimum Gasteiger partial charge on any atom is -0.481 e. The van der Waals surface area contributed by atoms with Gasteiger partial charge in [0.1, 0.15) is 0 Å². The van der Waals surface area contributed by atoms with Crippen molar-refractivity contribution in [3.63, 3.8) is 0 Å². The van der Waals surface area contributed by atoms with Crippen molar-refractivity contribution in [2.75, 3.05) is 5.75 Å². The summed E-state index contributed by atoms with van der Waals surface area (Å²) in [7, 11) is 0. The van der Waals surface area contributed by atoms with Gasteiger partial charge in [0.05, 0.1) is 5.75 Å². The van der Waals surface area contributed by atoms with Gasteiger partial charge in [-0.1, -0.05) is 15.9 Å². The lowest BCUT2D eigenvalue weighted by molar-refractivity contribution is -0.137. The fraction of sp³-hybridized carbons (Fsp3) is 0.467. The molecule has 1 aromatic rings. The van der Waals surface area contributed by atoms with Gasteiger partial charge in [0.15, 0.2) is 0 Å². The highest BCUT2D eigenvalue weighted by Gasteiger charge is 2.09. The highest BCUT2D eigenvalue weighted by Crippen LogP contribution is 2.25. The van der Waals surface area contributed by atoms with Crippen LogP contribution < -0.4 is 5.32 Å². The van der Waals surface area contributed by atoms with E-state index >= 15 is 0 Å². The van der Waals surface area contributed by atoms with Crippen LogP contribution in [0, 0.1) is 6.92 Å². The lowest BCUT2D eigenvalue weighted by Crippen LogP contribution is -2.33. The molecular formula is C15H20BrNO3S. The first-order valence-corrected chi connectivity index (χ1v) is 8.56. The van der Waals surface area contributed by atoms with E-state index in [2.05, 4.69) is 21.2 Å². The Labute approximate surface area is 137 Å². The molecule has 4 nitrogen and oxygen atoms in total. The molecule has 116 valence electrons. The second-order valence-corrected chi connectivity index (χ2v) is 6.89. The molecular weight excluding hydrogens is 354 g/mol. The molecule has 0 aliphatic rings. The smallest absolute Gasteiger partial charge is 0.303 e. The van der Waals surface area contributed by atoms with Crippen molar-refractivity contribution in [2.45, 2.75) is 44.0 Å². The summed E-state index contributed by atoms with van der Waals surface area (Å²) in [5.74, 6) is -0.453. The average molecular weight is 374 g/mol. The van der Waals surface area contributed by atoms with Gasteiger partial charge in [-0.3, -0.25) is 9.59 Å². The van der Waals surface area contributed by atoms with Crippen LogP contribution in [0.4, 0.5) is 0 Å². The van der Waals surface area contributed by atoms with E-state index in [1.165, 1.54) is 11.8 Å². The zero-order chi connectivity index (χ0) is 15.8. The van der Waals surface area contributed by atoms with E-state index < -0.39 is 5.97 Å². The third-order valence-corrected chi connectivity index (χ3v) is 4.60. The molecule has 0 saturated heterocycles. The van der Waals surface area contributed by atoms with Crippen molar-refractivity contribution in [3.8, 4) is 0 Å². The zero-order valence-corrected chi connectivity index (χ0v) is 14.6. The van der Waals surface area contributed by atoms with E-state index in [0.717, 1.165) is 14.9 Å². The largest absolute Gasteiger partial charge is 0.481 e. The molecule has 0 radical (unpaired) electrons. The number of carboxylic acids is 1. The normalized spacial score (nSPS) is 12.0. The fourth-order valence-electron chi connectivity index (χ4n) is 1.87. The van der Waals surface area contributed by atoms with Crippen molar-refractivity contribution in [1.29, 1.82) is 0 Å². The molecule has 0 aromatic heterocycles. The number of halogens is 1. The number of aliphatic carboxylic acids is 1. The summed E-state index contributed by atoms with van der Waals surface area (Å²) in [4.78, 5) is 23.4. The Morgan fingerprint density at radius 3 is 2.76 bits per heavy atom. The standard InChI is InChI=1S/C15H20BrNO3S/c1-10-8-12(16)6-7-13(10)21-9-14(18)17-11(2)4-3-5-15(19)20/h6-8,11H,3-5,9H2,1-2H3,(H,17,18)(H,19,20). The SMILES string of the molecule is Cc1cc(Br)ccc1SCC(=O)NC(C)CCCC(=O)O. The van der Waals surface area contributed by atoms with Crippen LogP contribution in [0.25, 0.3) is 0 Å². The Kier molecular flexibility index (Phi) is 7.82. The number of carbonyl (C=O) groups excluding carboxylic acids is 1. The number of carboxylic acid groups (broad SMARTS) is 1. The number of nitrogens with one attached hydrogen (secondary N) is 1. The Bertz CT molecular complexity index is 508. The van der Waals surface area contributed by atoms with Crippen LogP contribution in [0.15, 0.2) is 27.6 Å². The van der Waals surface area contributed by atoms with Crippen LogP contribution in [0.1, 0.15) is 31.7 Å². The van der Waals surface area contributed by atoms with Gasteiger partial charge in [-0.15, -0.1) is 11.8 Å². The second kappa shape index (κ2) is 9.10. The number of benzene rings is 1. The average Bonchev–Trinajstić information content (AvgIpc) is 2.37. The van der Waals surface area contributed by atoms with E-state index in [-0.39, 0.29) is 18.4 Å². The monoisotopic (exact) mass is 373 g/mol. The fourth-order valence-corrected chi connectivity index (χ4v) is 3.16. The summed E-state index contributed by atoms with van der Waals surface area (Å²) in [6.45, 7) is 3.91. The maximum Gasteiger partial charge on any atom is 0.303 e. The van der Waals surface area contributed by atoms with Crippen LogP contribution in [-0.4, -0.2) is 28.8 Å². The van der Waals surface area contributed by atoms with Gasteiger partial charge in [0.25, 0.3) is 0 Å². The van der Waals surface area contributed by atoms with E-state index in [4.69, 9.17) is 5.11 Å². The van der Waals surface area contributed by atoms with E-state index in [1.54, 1.807) is 0 Å². The number of carbonyl (C=O) groups is 2. The van der Waals surface area contributed by atoms with Crippen molar-refractivity contribution >= 4 is 39.6 Å². The first-order valence-electron chi connectivity index (χ1n) is 6.78. The van der Waals surface area contributed by atoms with Crippen molar-refractivity contribution in [3.05, 3.63) is 28.2 Å². The number of hydrogen-bond donors (Lipinski definition) is 2. The van der Waals surface area contributed by atoms with Gasteiger partial charge in [-0.2, -0.15) is 0 Å². The molecule has 0 aliphatic carbocycles. The van der Waals surface area contributed by atoms with Crippen LogP contribution >= 0.6 is 27.7 Å². The Hall–Kier alpha value is -1.01. The first-order chi connectivity index (χ1) is 9.88. The molecule has 2 N–H and O–H groups in total. The van der Waals surface area contributed by atoms with Gasteiger partial charge in [-0.05, 0) is 50.5 Å². The van der Waals surface area contributed by atoms with E-state index in [1.807, 2.05) is 32.0 Å². The summed E-state index contributed by atoms with van der Waals surface area (Å²) in [5.41, 5.74) is 1.14.